The van der Waals surface area contributed by atoms with Gasteiger partial charge in [0.1, 0.15) is 22.2 Å². The number of rotatable bonds is 4. The van der Waals surface area contributed by atoms with Gasteiger partial charge in [0.25, 0.3) is 0 Å². The summed E-state index contributed by atoms with van der Waals surface area (Å²) >= 11 is 4.49. The van der Waals surface area contributed by atoms with Crippen LogP contribution in [-0.4, -0.2) is 56.7 Å². The molecule has 10 heteroatoms. The van der Waals surface area contributed by atoms with E-state index in [2.05, 4.69) is 30.9 Å². The number of aliphatic hydroxyl groups is 3. The molecule has 1 aromatic heterocycles. The molecule has 22 heavy (non-hydrogen) atoms. The van der Waals surface area contributed by atoms with Crippen molar-refractivity contribution in [3.63, 3.8) is 0 Å². The van der Waals surface area contributed by atoms with E-state index in [9.17, 15) is 15.3 Å². The molecule has 0 radical (unpaired) electrons. The summed E-state index contributed by atoms with van der Waals surface area (Å²) in [4.78, 5) is 7.53. The largest absolute Gasteiger partial charge is 0.394 e. The average molecular weight is 391 g/mol. The number of nitrogens with zero attached hydrogens (tertiary/aromatic N) is 4. The van der Waals surface area contributed by atoms with Gasteiger partial charge < -0.3 is 20.1 Å². The lowest BCUT2D eigenvalue weighted by Crippen LogP contribution is -2.56. The minimum absolute atomic E-state index is 0.449. The molecular formula is C12H15BrN4O4S. The quantitative estimate of drug-likeness (QED) is 0.307. The molecule has 1 aliphatic rings. The van der Waals surface area contributed by atoms with Gasteiger partial charge in [-0.25, -0.2) is 4.98 Å². The molecule has 0 amide bonds. The van der Waals surface area contributed by atoms with Gasteiger partial charge in [-0.2, -0.15) is 0 Å². The van der Waals surface area contributed by atoms with Gasteiger partial charge in [0.15, 0.2) is 0 Å². The first-order chi connectivity index (χ1) is 10.5. The van der Waals surface area contributed by atoms with Crippen LogP contribution < -0.4 is 0 Å². The minimum atomic E-state index is -1.27. The number of azide groups is 1. The monoisotopic (exact) mass is 390 g/mol. The maximum absolute atomic E-state index is 10.3. The summed E-state index contributed by atoms with van der Waals surface area (Å²) in [6.45, 7) is 1.43. The van der Waals surface area contributed by atoms with E-state index in [1.807, 2.05) is 13.0 Å². The van der Waals surface area contributed by atoms with Crippen LogP contribution in [0.2, 0.25) is 0 Å². The first kappa shape index (κ1) is 17.5. The van der Waals surface area contributed by atoms with Crippen LogP contribution in [0.1, 0.15) is 5.56 Å². The van der Waals surface area contributed by atoms with Gasteiger partial charge in [0.05, 0.1) is 18.8 Å². The highest BCUT2D eigenvalue weighted by molar-refractivity contribution is 9.10. The van der Waals surface area contributed by atoms with E-state index >= 15 is 0 Å². The van der Waals surface area contributed by atoms with Gasteiger partial charge in [0, 0.05) is 16.0 Å². The third-order valence-electron chi connectivity index (χ3n) is 3.22. The maximum Gasteiger partial charge on any atom is 0.134 e. The van der Waals surface area contributed by atoms with E-state index in [1.165, 1.54) is 11.8 Å². The summed E-state index contributed by atoms with van der Waals surface area (Å²) in [5.74, 6) is 0. The molecule has 0 unspecified atom stereocenters. The Morgan fingerprint density at radius 3 is 2.86 bits per heavy atom. The number of aryl methyl sites for hydroxylation is 1. The molecular weight excluding hydrogens is 376 g/mol. The number of ether oxygens (including phenoxy) is 1. The lowest BCUT2D eigenvalue weighted by atomic mass is 9.98. The van der Waals surface area contributed by atoms with E-state index in [4.69, 9.17) is 10.3 Å². The average Bonchev–Trinajstić information content (AvgIpc) is 2.50. The topological polar surface area (TPSA) is 132 Å². The molecule has 1 aromatic rings. The van der Waals surface area contributed by atoms with E-state index in [0.717, 1.165) is 10.5 Å². The SMILES string of the molecule is Cc1cnc(Br)c(S[C@H]2O[C@H](CO)[C@H](O)[C@H](N=[N+]=[N-])[C@H]2O)c1. The lowest BCUT2D eigenvalue weighted by Gasteiger charge is -2.40. The van der Waals surface area contributed by atoms with Gasteiger partial charge in [-0.05, 0) is 40.0 Å². The first-order valence-electron chi connectivity index (χ1n) is 6.43. The van der Waals surface area contributed by atoms with Crippen molar-refractivity contribution in [1.82, 2.24) is 4.98 Å². The maximum atomic E-state index is 10.3. The van der Waals surface area contributed by atoms with Crippen LogP contribution >= 0.6 is 27.7 Å². The van der Waals surface area contributed by atoms with Crippen molar-refractivity contribution in [3.05, 3.63) is 32.9 Å². The standard InChI is InChI=1S/C12H15BrN4O4S/c1-5-2-7(11(13)15-3-5)22-12-10(20)8(16-17-14)9(19)6(4-18)21-12/h2-3,6,8-10,12,18-20H,4H2,1H3/t6-,8+,9+,10-,12-/m1/s1. The van der Waals surface area contributed by atoms with Gasteiger partial charge in [-0.1, -0.05) is 16.9 Å². The van der Waals surface area contributed by atoms with E-state index < -0.39 is 36.4 Å². The van der Waals surface area contributed by atoms with E-state index in [0.29, 0.717) is 4.60 Å². The van der Waals surface area contributed by atoms with Crippen molar-refractivity contribution < 1.29 is 20.1 Å². The second-order valence-electron chi connectivity index (χ2n) is 4.82. The fraction of sp³-hybridized carbons (Fsp3) is 0.583. The summed E-state index contributed by atoms with van der Waals surface area (Å²) in [6, 6.07) is 0.768. The number of thioether (sulfide) groups is 1. The summed E-state index contributed by atoms with van der Waals surface area (Å²) in [5, 5.41) is 33.0. The molecule has 2 rings (SSSR count). The van der Waals surface area contributed by atoms with Crippen LogP contribution in [0.4, 0.5) is 0 Å². The smallest absolute Gasteiger partial charge is 0.134 e. The number of aliphatic hydroxyl groups excluding tert-OH is 3. The minimum Gasteiger partial charge on any atom is -0.394 e. The Balaban J connectivity index is 2.25. The highest BCUT2D eigenvalue weighted by atomic mass is 79.9. The van der Waals surface area contributed by atoms with Crippen LogP contribution in [0.15, 0.2) is 26.9 Å². The zero-order chi connectivity index (χ0) is 16.3. The summed E-state index contributed by atoms with van der Waals surface area (Å²) in [5.41, 5.74) is 8.70. The summed E-state index contributed by atoms with van der Waals surface area (Å²) < 4.78 is 6.11. The molecule has 1 aliphatic heterocycles. The molecule has 3 N–H and O–H groups in total. The Morgan fingerprint density at radius 1 is 1.50 bits per heavy atom. The van der Waals surface area contributed by atoms with Crippen LogP contribution in [0.25, 0.3) is 10.4 Å². The lowest BCUT2D eigenvalue weighted by molar-refractivity contribution is -0.159. The van der Waals surface area contributed by atoms with Crippen LogP contribution in [0.5, 0.6) is 0 Å². The molecule has 1 saturated heterocycles. The first-order valence-corrected chi connectivity index (χ1v) is 8.10. The highest BCUT2D eigenvalue weighted by Crippen LogP contribution is 2.37. The van der Waals surface area contributed by atoms with Gasteiger partial charge >= 0.3 is 0 Å². The van der Waals surface area contributed by atoms with Crippen molar-refractivity contribution in [2.24, 2.45) is 5.11 Å². The molecule has 120 valence electrons. The Kier molecular flexibility index (Phi) is 6.04. The highest BCUT2D eigenvalue weighted by Gasteiger charge is 2.44. The number of aromatic nitrogens is 1. The van der Waals surface area contributed by atoms with Crippen LogP contribution in [0.3, 0.4) is 0 Å². The molecule has 2 heterocycles. The van der Waals surface area contributed by atoms with E-state index in [-0.39, 0.29) is 0 Å². The Labute approximate surface area is 139 Å². The number of pyridine rings is 1. The molecule has 0 aromatic carbocycles. The molecule has 0 aliphatic carbocycles. The molecule has 0 bridgehead atoms. The van der Waals surface area contributed by atoms with Crippen LogP contribution in [0, 0.1) is 6.92 Å². The molecule has 0 saturated carbocycles. The van der Waals surface area contributed by atoms with Crippen molar-refractivity contribution in [3.8, 4) is 0 Å². The fourth-order valence-electron chi connectivity index (χ4n) is 2.09. The van der Waals surface area contributed by atoms with Crippen molar-refractivity contribution in [2.45, 2.75) is 41.6 Å². The molecule has 0 spiro atoms. The molecule has 8 nitrogen and oxygen atoms in total. The van der Waals surface area contributed by atoms with Crippen molar-refractivity contribution >= 4 is 27.7 Å². The fourth-order valence-corrected chi connectivity index (χ4v) is 3.74. The predicted molar refractivity (Wildman–Crippen MR) is 83.2 cm³/mol. The van der Waals surface area contributed by atoms with Gasteiger partial charge in [-0.3, -0.25) is 0 Å². The number of hydrogen-bond acceptors (Lipinski definition) is 7. The zero-order valence-electron chi connectivity index (χ0n) is 11.6. The molecule has 1 fully saturated rings. The normalized spacial score (nSPS) is 31.6. The third kappa shape index (κ3) is 3.72. The second-order valence-corrected chi connectivity index (χ2v) is 6.71. The molecule has 5 atom stereocenters. The Morgan fingerprint density at radius 2 is 2.23 bits per heavy atom. The Hall–Kier alpha value is -0.870. The van der Waals surface area contributed by atoms with Gasteiger partial charge in [0.2, 0.25) is 0 Å². The third-order valence-corrected chi connectivity index (χ3v) is 5.30. The predicted octanol–water partition coefficient (Wildman–Crippen LogP) is 1.36. The number of hydrogen-bond donors (Lipinski definition) is 3. The van der Waals surface area contributed by atoms with E-state index in [1.54, 1.807) is 6.20 Å². The Bertz CT molecular complexity index is 586. The van der Waals surface area contributed by atoms with Crippen molar-refractivity contribution in [2.75, 3.05) is 6.61 Å². The number of halogens is 1. The second kappa shape index (κ2) is 7.60. The summed E-state index contributed by atoms with van der Waals surface area (Å²) in [6.07, 6.45) is -1.74. The zero-order valence-corrected chi connectivity index (χ0v) is 14.0. The summed E-state index contributed by atoms with van der Waals surface area (Å²) in [7, 11) is 0. The van der Waals surface area contributed by atoms with Gasteiger partial charge in [-0.15, -0.1) is 0 Å². The van der Waals surface area contributed by atoms with Crippen LogP contribution in [-0.2, 0) is 4.74 Å². The van der Waals surface area contributed by atoms with Crippen molar-refractivity contribution in [1.29, 1.82) is 0 Å².